The average Bonchev–Trinajstić information content (AvgIpc) is 2.33. The molecule has 0 aliphatic heterocycles. The maximum atomic E-state index is 11.1. The third-order valence-corrected chi connectivity index (χ3v) is 2.27. The molecule has 12 heavy (non-hydrogen) atoms. The number of halogens is 1. The van der Waals surface area contributed by atoms with Crippen molar-refractivity contribution in [3.8, 4) is 0 Å². The third kappa shape index (κ3) is 0.992. The lowest BCUT2D eigenvalue weighted by Gasteiger charge is -1.92. The molecule has 1 aromatic carbocycles. The Morgan fingerprint density at radius 2 is 2.25 bits per heavy atom. The largest absolute Gasteiger partial charge is 0.377 e. The second kappa shape index (κ2) is 2.48. The molecule has 2 rings (SSSR count). The van der Waals surface area contributed by atoms with Crippen LogP contribution >= 0.6 is 15.9 Å². The van der Waals surface area contributed by atoms with Crippen LogP contribution in [0.5, 0.6) is 0 Å². The van der Waals surface area contributed by atoms with E-state index in [1.807, 2.05) is 13.0 Å². The van der Waals surface area contributed by atoms with Crippen LogP contribution in [0.1, 0.15) is 5.56 Å². The molecule has 0 aliphatic rings. The number of rotatable bonds is 0. The van der Waals surface area contributed by atoms with Crippen LogP contribution in [0.3, 0.4) is 0 Å². The molecule has 1 heterocycles. The Bertz CT molecular complexity index is 483. The topological polar surface area (TPSA) is 46.0 Å². The second-order valence-electron chi connectivity index (χ2n) is 2.66. The first-order valence-electron chi connectivity index (χ1n) is 3.46. The zero-order valence-electron chi connectivity index (χ0n) is 6.35. The van der Waals surface area contributed by atoms with Crippen molar-refractivity contribution in [1.29, 1.82) is 0 Å². The van der Waals surface area contributed by atoms with E-state index in [4.69, 9.17) is 4.52 Å². The van der Waals surface area contributed by atoms with Crippen molar-refractivity contribution in [2.75, 3.05) is 0 Å². The molecule has 3 nitrogen and oxygen atoms in total. The molecule has 0 saturated carbocycles. The van der Waals surface area contributed by atoms with Crippen molar-refractivity contribution in [3.05, 3.63) is 32.5 Å². The van der Waals surface area contributed by atoms with E-state index in [1.165, 1.54) is 0 Å². The van der Waals surface area contributed by atoms with Crippen molar-refractivity contribution in [2.24, 2.45) is 0 Å². The minimum Gasteiger partial charge on any atom is -0.377 e. The Morgan fingerprint density at radius 3 is 3.00 bits per heavy atom. The number of hydrogen-bond donors (Lipinski definition) is 1. The van der Waals surface area contributed by atoms with Crippen LogP contribution in [-0.2, 0) is 0 Å². The van der Waals surface area contributed by atoms with Gasteiger partial charge in [-0.1, -0.05) is 0 Å². The van der Waals surface area contributed by atoms with Crippen LogP contribution in [0.15, 0.2) is 25.9 Å². The van der Waals surface area contributed by atoms with E-state index in [1.54, 1.807) is 6.07 Å². The van der Waals surface area contributed by atoms with Crippen LogP contribution < -0.4 is 5.56 Å². The standard InChI is InChI=1S/C8H6BrNO2/c1-4-2-5-7(6(9)3-4)12-10-8(5)11/h2-3H,1H3,(H,10,11). The molecular formula is C8H6BrNO2. The number of benzene rings is 1. The van der Waals surface area contributed by atoms with Crippen molar-refractivity contribution in [2.45, 2.75) is 6.92 Å². The molecular weight excluding hydrogens is 222 g/mol. The maximum Gasteiger partial charge on any atom is 0.287 e. The molecule has 4 heteroatoms. The van der Waals surface area contributed by atoms with Gasteiger partial charge in [0, 0.05) is 0 Å². The fourth-order valence-corrected chi connectivity index (χ4v) is 1.81. The summed E-state index contributed by atoms with van der Waals surface area (Å²) >= 11 is 3.31. The van der Waals surface area contributed by atoms with E-state index >= 15 is 0 Å². The van der Waals surface area contributed by atoms with E-state index in [9.17, 15) is 4.79 Å². The minimum atomic E-state index is -0.186. The van der Waals surface area contributed by atoms with Gasteiger partial charge in [-0.05, 0) is 40.5 Å². The van der Waals surface area contributed by atoms with Gasteiger partial charge in [0.1, 0.15) is 0 Å². The Kier molecular flexibility index (Phi) is 1.58. The number of fused-ring (bicyclic) bond motifs is 1. The Hall–Kier alpha value is -1.03. The van der Waals surface area contributed by atoms with Gasteiger partial charge >= 0.3 is 0 Å². The van der Waals surface area contributed by atoms with Gasteiger partial charge < -0.3 is 4.52 Å². The monoisotopic (exact) mass is 227 g/mol. The summed E-state index contributed by atoms with van der Waals surface area (Å²) in [6.45, 7) is 1.93. The fourth-order valence-electron chi connectivity index (χ4n) is 1.15. The molecule has 62 valence electrons. The Morgan fingerprint density at radius 1 is 1.50 bits per heavy atom. The van der Waals surface area contributed by atoms with Gasteiger partial charge in [-0.15, -0.1) is 0 Å². The van der Waals surface area contributed by atoms with Crippen molar-refractivity contribution >= 4 is 26.9 Å². The van der Waals surface area contributed by atoms with Crippen LogP contribution in [-0.4, -0.2) is 5.16 Å². The molecule has 1 aromatic heterocycles. The van der Waals surface area contributed by atoms with E-state index in [-0.39, 0.29) is 5.56 Å². The number of aromatic amines is 1. The van der Waals surface area contributed by atoms with Crippen LogP contribution in [0, 0.1) is 6.92 Å². The van der Waals surface area contributed by atoms with Gasteiger partial charge in [-0.25, -0.2) is 0 Å². The number of aryl methyl sites for hydroxylation is 1. The molecule has 1 N–H and O–H groups in total. The molecule has 0 atom stereocenters. The first-order chi connectivity index (χ1) is 5.68. The summed E-state index contributed by atoms with van der Waals surface area (Å²) in [5.74, 6) is 0. The van der Waals surface area contributed by atoms with Crippen LogP contribution in [0.4, 0.5) is 0 Å². The van der Waals surface area contributed by atoms with Gasteiger partial charge in [0.05, 0.1) is 9.86 Å². The number of H-pyrrole nitrogens is 1. The normalized spacial score (nSPS) is 10.8. The van der Waals surface area contributed by atoms with Gasteiger partial charge in [-0.3, -0.25) is 4.79 Å². The highest BCUT2D eigenvalue weighted by molar-refractivity contribution is 9.10. The van der Waals surface area contributed by atoms with Crippen molar-refractivity contribution in [1.82, 2.24) is 5.16 Å². The molecule has 0 fully saturated rings. The van der Waals surface area contributed by atoms with Crippen LogP contribution in [0.25, 0.3) is 11.0 Å². The first kappa shape index (κ1) is 7.61. The molecule has 0 spiro atoms. The van der Waals surface area contributed by atoms with E-state index < -0.39 is 0 Å². The third-order valence-electron chi connectivity index (χ3n) is 1.68. The molecule has 0 saturated heterocycles. The smallest absolute Gasteiger partial charge is 0.287 e. The summed E-state index contributed by atoms with van der Waals surface area (Å²) in [4.78, 5) is 11.1. The highest BCUT2D eigenvalue weighted by Crippen LogP contribution is 2.22. The summed E-state index contributed by atoms with van der Waals surface area (Å²) < 4.78 is 5.75. The molecule has 2 aromatic rings. The SMILES string of the molecule is Cc1cc(Br)c2o[nH]c(=O)c2c1. The minimum absolute atomic E-state index is 0.186. The number of nitrogens with one attached hydrogen (secondary N) is 1. The maximum absolute atomic E-state index is 11.1. The number of aromatic nitrogens is 1. The van der Waals surface area contributed by atoms with E-state index in [0.717, 1.165) is 10.0 Å². The quantitative estimate of drug-likeness (QED) is 0.751. The summed E-state index contributed by atoms with van der Waals surface area (Å²) in [7, 11) is 0. The van der Waals surface area contributed by atoms with Gasteiger partial charge in [0.15, 0.2) is 5.58 Å². The summed E-state index contributed by atoms with van der Waals surface area (Å²) in [5, 5.41) is 2.87. The highest BCUT2D eigenvalue weighted by Gasteiger charge is 2.06. The molecule has 0 radical (unpaired) electrons. The summed E-state index contributed by atoms with van der Waals surface area (Å²) in [6, 6.07) is 3.70. The Labute approximate surface area is 76.5 Å². The van der Waals surface area contributed by atoms with Gasteiger partial charge in [0.25, 0.3) is 5.56 Å². The lowest BCUT2D eigenvalue weighted by atomic mass is 10.2. The molecule has 0 aliphatic carbocycles. The summed E-state index contributed by atoms with van der Waals surface area (Å²) in [5.41, 5.74) is 1.42. The zero-order chi connectivity index (χ0) is 8.72. The summed E-state index contributed by atoms with van der Waals surface area (Å²) in [6.07, 6.45) is 0. The molecule has 0 amide bonds. The van der Waals surface area contributed by atoms with E-state index in [2.05, 4.69) is 21.1 Å². The molecule has 0 unspecified atom stereocenters. The fraction of sp³-hybridized carbons (Fsp3) is 0.125. The Balaban J connectivity index is 3.02. The van der Waals surface area contributed by atoms with Crippen molar-refractivity contribution < 1.29 is 4.52 Å². The highest BCUT2D eigenvalue weighted by atomic mass is 79.9. The molecule has 0 bridgehead atoms. The van der Waals surface area contributed by atoms with Gasteiger partial charge in [0.2, 0.25) is 0 Å². The predicted octanol–water partition coefficient (Wildman–Crippen LogP) is 2.19. The second-order valence-corrected chi connectivity index (χ2v) is 3.51. The van der Waals surface area contributed by atoms with Gasteiger partial charge in [-0.2, -0.15) is 5.16 Å². The van der Waals surface area contributed by atoms with Crippen LogP contribution in [0.2, 0.25) is 0 Å². The zero-order valence-corrected chi connectivity index (χ0v) is 7.94. The lowest BCUT2D eigenvalue weighted by Crippen LogP contribution is -1.96. The first-order valence-corrected chi connectivity index (χ1v) is 4.25. The van der Waals surface area contributed by atoms with Crippen molar-refractivity contribution in [3.63, 3.8) is 0 Å². The lowest BCUT2D eigenvalue weighted by molar-refractivity contribution is 0.448. The average molecular weight is 228 g/mol. The number of hydrogen-bond acceptors (Lipinski definition) is 2. The van der Waals surface area contributed by atoms with E-state index in [0.29, 0.717) is 11.0 Å². The predicted molar refractivity (Wildman–Crippen MR) is 49.3 cm³/mol.